The summed E-state index contributed by atoms with van der Waals surface area (Å²) < 4.78 is 2.03. The number of nitrogens with zero attached hydrogens (tertiary/aromatic N) is 3. The molecule has 104 valence electrons. The minimum Gasteiger partial charge on any atom is -0.395 e. The lowest BCUT2D eigenvalue weighted by Gasteiger charge is -2.11. The first-order valence-electron chi connectivity index (χ1n) is 6.67. The highest BCUT2D eigenvalue weighted by Crippen LogP contribution is 2.19. The number of aromatic nitrogens is 2. The highest BCUT2D eigenvalue weighted by atomic mass is 16.3. The van der Waals surface area contributed by atoms with Crippen LogP contribution in [-0.2, 0) is 6.54 Å². The molecular formula is C14H22N4O. The predicted octanol–water partition coefficient (Wildman–Crippen LogP) is 1.39. The molecule has 19 heavy (non-hydrogen) atoms. The smallest absolute Gasteiger partial charge is 0.203 e. The van der Waals surface area contributed by atoms with Gasteiger partial charge in [0.25, 0.3) is 0 Å². The molecule has 0 aliphatic carbocycles. The molecule has 2 N–H and O–H groups in total. The molecule has 0 fully saturated rings. The van der Waals surface area contributed by atoms with Gasteiger partial charge >= 0.3 is 0 Å². The second kappa shape index (κ2) is 6.54. The van der Waals surface area contributed by atoms with E-state index in [9.17, 15) is 5.11 Å². The van der Waals surface area contributed by atoms with Crippen LogP contribution in [0.4, 0.5) is 5.95 Å². The predicted molar refractivity (Wildman–Crippen MR) is 78.5 cm³/mol. The van der Waals surface area contributed by atoms with Gasteiger partial charge in [-0.1, -0.05) is 12.1 Å². The summed E-state index contributed by atoms with van der Waals surface area (Å²) in [5, 5.41) is 12.5. The fourth-order valence-corrected chi connectivity index (χ4v) is 2.13. The Bertz CT molecular complexity index is 521. The lowest BCUT2D eigenvalue weighted by molar-refractivity contribution is 0.278. The summed E-state index contributed by atoms with van der Waals surface area (Å²) in [5.41, 5.74) is 2.03. The van der Waals surface area contributed by atoms with Gasteiger partial charge in [0.2, 0.25) is 5.95 Å². The number of hydrogen-bond acceptors (Lipinski definition) is 4. The minimum absolute atomic E-state index is 0.118. The number of imidazole rings is 1. The molecule has 0 bridgehead atoms. The Hall–Kier alpha value is -1.59. The van der Waals surface area contributed by atoms with Gasteiger partial charge in [-0.05, 0) is 39.2 Å². The first-order valence-corrected chi connectivity index (χ1v) is 6.67. The van der Waals surface area contributed by atoms with Crippen molar-refractivity contribution in [3.63, 3.8) is 0 Å². The molecule has 2 rings (SSSR count). The maximum Gasteiger partial charge on any atom is 0.203 e. The zero-order chi connectivity index (χ0) is 13.7. The summed E-state index contributed by atoms with van der Waals surface area (Å²) in [6, 6.07) is 8.00. The maximum atomic E-state index is 9.18. The van der Waals surface area contributed by atoms with Gasteiger partial charge in [0, 0.05) is 13.1 Å². The molecule has 5 heteroatoms. The monoisotopic (exact) mass is 262 g/mol. The average molecular weight is 262 g/mol. The SMILES string of the molecule is CN(C)CCCNc1nc2ccccc2n1CCO. The van der Waals surface area contributed by atoms with Crippen molar-refractivity contribution in [2.24, 2.45) is 0 Å². The number of hydrogen-bond donors (Lipinski definition) is 2. The highest BCUT2D eigenvalue weighted by molar-refractivity contribution is 5.78. The van der Waals surface area contributed by atoms with E-state index in [4.69, 9.17) is 0 Å². The molecule has 0 saturated carbocycles. The quantitative estimate of drug-likeness (QED) is 0.740. The molecule has 0 unspecified atom stereocenters. The van der Waals surface area contributed by atoms with Crippen LogP contribution in [0.5, 0.6) is 0 Å². The molecule has 0 spiro atoms. The van der Waals surface area contributed by atoms with E-state index in [2.05, 4.69) is 29.3 Å². The zero-order valence-electron chi connectivity index (χ0n) is 11.6. The van der Waals surface area contributed by atoms with Crippen molar-refractivity contribution in [2.75, 3.05) is 39.1 Å². The lowest BCUT2D eigenvalue weighted by atomic mass is 10.3. The van der Waals surface area contributed by atoms with E-state index in [1.165, 1.54) is 0 Å². The van der Waals surface area contributed by atoms with Crippen LogP contribution in [0.2, 0.25) is 0 Å². The Morgan fingerprint density at radius 2 is 2.11 bits per heavy atom. The van der Waals surface area contributed by atoms with Gasteiger partial charge in [0.05, 0.1) is 17.6 Å². The number of anilines is 1. The van der Waals surface area contributed by atoms with Crippen molar-refractivity contribution in [3.8, 4) is 0 Å². The fourth-order valence-electron chi connectivity index (χ4n) is 2.13. The molecule has 1 heterocycles. The number of aliphatic hydroxyl groups excluding tert-OH is 1. The highest BCUT2D eigenvalue weighted by Gasteiger charge is 2.08. The van der Waals surface area contributed by atoms with Gasteiger partial charge in [0.15, 0.2) is 0 Å². The number of nitrogens with one attached hydrogen (secondary N) is 1. The van der Waals surface area contributed by atoms with Gasteiger partial charge in [-0.15, -0.1) is 0 Å². The fraction of sp³-hybridized carbons (Fsp3) is 0.500. The largest absolute Gasteiger partial charge is 0.395 e. The third-order valence-electron chi connectivity index (χ3n) is 3.04. The van der Waals surface area contributed by atoms with Crippen molar-refractivity contribution in [2.45, 2.75) is 13.0 Å². The van der Waals surface area contributed by atoms with Crippen LogP contribution in [0.1, 0.15) is 6.42 Å². The third-order valence-corrected chi connectivity index (χ3v) is 3.04. The van der Waals surface area contributed by atoms with Crippen LogP contribution in [0.3, 0.4) is 0 Å². The standard InChI is InChI=1S/C14H22N4O/c1-17(2)9-5-8-15-14-16-12-6-3-4-7-13(12)18(14)10-11-19/h3-4,6-7,19H,5,8-11H2,1-2H3,(H,15,16). The van der Waals surface area contributed by atoms with Crippen LogP contribution < -0.4 is 5.32 Å². The first-order chi connectivity index (χ1) is 9.22. The number of rotatable bonds is 7. The molecular weight excluding hydrogens is 240 g/mol. The normalized spacial score (nSPS) is 11.4. The van der Waals surface area contributed by atoms with Crippen molar-refractivity contribution in [1.29, 1.82) is 0 Å². The second-order valence-corrected chi connectivity index (χ2v) is 4.88. The van der Waals surface area contributed by atoms with E-state index in [-0.39, 0.29) is 6.61 Å². The Labute approximate surface area is 113 Å². The summed E-state index contributed by atoms with van der Waals surface area (Å²) in [6.07, 6.45) is 1.06. The van der Waals surface area contributed by atoms with E-state index in [1.807, 2.05) is 28.8 Å². The Balaban J connectivity index is 2.10. The van der Waals surface area contributed by atoms with Gasteiger partial charge in [-0.25, -0.2) is 4.98 Å². The lowest BCUT2D eigenvalue weighted by Crippen LogP contribution is -2.17. The Kier molecular flexibility index (Phi) is 4.76. The third kappa shape index (κ3) is 3.45. The van der Waals surface area contributed by atoms with Gasteiger partial charge in [-0.2, -0.15) is 0 Å². The number of benzene rings is 1. The molecule has 0 aliphatic rings. The summed E-state index contributed by atoms with van der Waals surface area (Å²) in [5.74, 6) is 0.842. The number of aliphatic hydroxyl groups is 1. The summed E-state index contributed by atoms with van der Waals surface area (Å²) >= 11 is 0. The molecule has 0 aliphatic heterocycles. The summed E-state index contributed by atoms with van der Waals surface area (Å²) in [6.45, 7) is 2.61. The van der Waals surface area contributed by atoms with Crippen molar-refractivity contribution < 1.29 is 5.11 Å². The van der Waals surface area contributed by atoms with Gasteiger partial charge in [0.1, 0.15) is 0 Å². The van der Waals surface area contributed by atoms with Crippen LogP contribution in [-0.4, -0.2) is 53.3 Å². The minimum atomic E-state index is 0.118. The number of fused-ring (bicyclic) bond motifs is 1. The summed E-state index contributed by atoms with van der Waals surface area (Å²) in [7, 11) is 4.14. The van der Waals surface area contributed by atoms with E-state index < -0.39 is 0 Å². The van der Waals surface area contributed by atoms with Crippen LogP contribution >= 0.6 is 0 Å². The maximum absolute atomic E-state index is 9.18. The molecule has 2 aromatic rings. The molecule has 0 atom stereocenters. The summed E-state index contributed by atoms with van der Waals surface area (Å²) in [4.78, 5) is 6.74. The Morgan fingerprint density at radius 1 is 1.32 bits per heavy atom. The first kappa shape index (κ1) is 13.8. The second-order valence-electron chi connectivity index (χ2n) is 4.88. The van der Waals surface area contributed by atoms with E-state index >= 15 is 0 Å². The van der Waals surface area contributed by atoms with Crippen molar-refractivity contribution in [1.82, 2.24) is 14.5 Å². The van der Waals surface area contributed by atoms with Crippen LogP contribution in [0, 0.1) is 0 Å². The average Bonchev–Trinajstić information content (AvgIpc) is 2.74. The molecule has 1 aromatic carbocycles. The molecule has 0 saturated heterocycles. The van der Waals surface area contributed by atoms with E-state index in [1.54, 1.807) is 0 Å². The molecule has 1 aromatic heterocycles. The van der Waals surface area contributed by atoms with Crippen LogP contribution in [0.15, 0.2) is 24.3 Å². The van der Waals surface area contributed by atoms with Gasteiger partial charge in [-0.3, -0.25) is 0 Å². The molecule has 0 radical (unpaired) electrons. The van der Waals surface area contributed by atoms with Crippen molar-refractivity contribution >= 4 is 17.0 Å². The van der Waals surface area contributed by atoms with Crippen molar-refractivity contribution in [3.05, 3.63) is 24.3 Å². The topological polar surface area (TPSA) is 53.3 Å². The van der Waals surface area contributed by atoms with Gasteiger partial charge < -0.3 is 19.9 Å². The molecule has 0 amide bonds. The van der Waals surface area contributed by atoms with Crippen LogP contribution in [0.25, 0.3) is 11.0 Å². The van der Waals surface area contributed by atoms with E-state index in [0.717, 1.165) is 36.5 Å². The van der Waals surface area contributed by atoms with E-state index in [0.29, 0.717) is 6.54 Å². The Morgan fingerprint density at radius 3 is 2.84 bits per heavy atom. The number of para-hydroxylation sites is 2. The molecule has 5 nitrogen and oxygen atoms in total. The zero-order valence-corrected chi connectivity index (χ0v) is 11.6.